The highest BCUT2D eigenvalue weighted by atomic mass is 16.5. The second-order valence-corrected chi connectivity index (χ2v) is 4.25. The number of para-hydroxylation sites is 1. The SMILES string of the molecule is COc1ccccc1C(CN)N(C)C(C)C. The normalized spacial score (nSPS) is 13.2. The lowest BCUT2D eigenvalue weighted by Crippen LogP contribution is -2.35. The molecule has 0 radical (unpaired) electrons. The highest BCUT2D eigenvalue weighted by Crippen LogP contribution is 2.28. The van der Waals surface area contributed by atoms with Crippen LogP contribution in [0.15, 0.2) is 24.3 Å². The molecule has 0 fully saturated rings. The summed E-state index contributed by atoms with van der Waals surface area (Å²) in [7, 11) is 3.79. The topological polar surface area (TPSA) is 38.5 Å². The molecule has 0 spiro atoms. The fourth-order valence-corrected chi connectivity index (χ4v) is 1.81. The minimum atomic E-state index is 0.205. The molecule has 1 atom stereocenters. The second kappa shape index (κ2) is 5.87. The summed E-state index contributed by atoms with van der Waals surface area (Å²) in [5.74, 6) is 0.908. The summed E-state index contributed by atoms with van der Waals surface area (Å²) in [4.78, 5) is 2.26. The van der Waals surface area contributed by atoms with Gasteiger partial charge in [0.25, 0.3) is 0 Å². The fourth-order valence-electron chi connectivity index (χ4n) is 1.81. The van der Waals surface area contributed by atoms with Gasteiger partial charge in [0.2, 0.25) is 0 Å². The van der Waals surface area contributed by atoms with E-state index in [0.717, 1.165) is 11.3 Å². The Hall–Kier alpha value is -1.06. The largest absolute Gasteiger partial charge is 0.496 e. The molecule has 90 valence electrons. The zero-order valence-corrected chi connectivity index (χ0v) is 10.6. The summed E-state index contributed by atoms with van der Waals surface area (Å²) in [5.41, 5.74) is 7.03. The summed E-state index contributed by atoms with van der Waals surface area (Å²) in [6.45, 7) is 4.92. The lowest BCUT2D eigenvalue weighted by Gasteiger charge is -2.31. The molecule has 3 nitrogen and oxygen atoms in total. The van der Waals surface area contributed by atoms with Crippen molar-refractivity contribution in [1.29, 1.82) is 0 Å². The number of hydrogen-bond acceptors (Lipinski definition) is 3. The van der Waals surface area contributed by atoms with Gasteiger partial charge in [-0.2, -0.15) is 0 Å². The van der Waals surface area contributed by atoms with Crippen molar-refractivity contribution in [1.82, 2.24) is 4.90 Å². The molecular formula is C13H22N2O. The first-order valence-electron chi connectivity index (χ1n) is 5.66. The van der Waals surface area contributed by atoms with Crippen LogP contribution in [0.4, 0.5) is 0 Å². The van der Waals surface area contributed by atoms with E-state index in [4.69, 9.17) is 10.5 Å². The Bertz CT molecular complexity index is 325. The molecule has 0 heterocycles. The molecule has 3 heteroatoms. The van der Waals surface area contributed by atoms with E-state index in [1.54, 1.807) is 7.11 Å². The van der Waals surface area contributed by atoms with Crippen LogP contribution in [0, 0.1) is 0 Å². The third kappa shape index (κ3) is 2.74. The second-order valence-electron chi connectivity index (χ2n) is 4.25. The number of hydrogen-bond donors (Lipinski definition) is 1. The number of nitrogens with two attached hydrogens (primary N) is 1. The third-order valence-corrected chi connectivity index (χ3v) is 3.03. The highest BCUT2D eigenvalue weighted by Gasteiger charge is 2.20. The average Bonchev–Trinajstić information content (AvgIpc) is 2.30. The maximum Gasteiger partial charge on any atom is 0.123 e. The van der Waals surface area contributed by atoms with Gasteiger partial charge in [-0.25, -0.2) is 0 Å². The van der Waals surface area contributed by atoms with E-state index in [2.05, 4.69) is 31.9 Å². The van der Waals surface area contributed by atoms with Crippen molar-refractivity contribution in [2.45, 2.75) is 25.9 Å². The number of nitrogens with zero attached hydrogens (tertiary/aromatic N) is 1. The number of likely N-dealkylation sites (N-methyl/N-ethyl adjacent to an activating group) is 1. The number of rotatable bonds is 5. The lowest BCUT2D eigenvalue weighted by atomic mass is 10.0. The van der Waals surface area contributed by atoms with Crippen molar-refractivity contribution in [2.75, 3.05) is 20.7 Å². The smallest absolute Gasteiger partial charge is 0.123 e. The molecule has 0 saturated heterocycles. The summed E-state index contributed by atoms with van der Waals surface area (Å²) in [6.07, 6.45) is 0. The van der Waals surface area contributed by atoms with Gasteiger partial charge in [0.05, 0.1) is 13.2 Å². The average molecular weight is 222 g/mol. The van der Waals surface area contributed by atoms with E-state index in [-0.39, 0.29) is 6.04 Å². The van der Waals surface area contributed by atoms with Gasteiger partial charge in [-0.05, 0) is 27.0 Å². The van der Waals surface area contributed by atoms with Crippen molar-refractivity contribution in [3.8, 4) is 5.75 Å². The van der Waals surface area contributed by atoms with Gasteiger partial charge in [-0.3, -0.25) is 4.90 Å². The van der Waals surface area contributed by atoms with Crippen LogP contribution in [-0.2, 0) is 0 Å². The van der Waals surface area contributed by atoms with Gasteiger partial charge < -0.3 is 10.5 Å². The Morgan fingerprint density at radius 3 is 2.44 bits per heavy atom. The van der Waals surface area contributed by atoms with Crippen molar-refractivity contribution in [3.05, 3.63) is 29.8 Å². The molecule has 1 rings (SSSR count). The first-order chi connectivity index (χ1) is 7.61. The van der Waals surface area contributed by atoms with Gasteiger partial charge in [-0.15, -0.1) is 0 Å². The Morgan fingerprint density at radius 2 is 1.94 bits per heavy atom. The van der Waals surface area contributed by atoms with Gasteiger partial charge >= 0.3 is 0 Å². The fraction of sp³-hybridized carbons (Fsp3) is 0.538. The Morgan fingerprint density at radius 1 is 1.31 bits per heavy atom. The van der Waals surface area contributed by atoms with E-state index in [1.807, 2.05) is 18.2 Å². The first kappa shape index (κ1) is 13.0. The molecule has 0 aliphatic rings. The van der Waals surface area contributed by atoms with Crippen molar-refractivity contribution in [2.24, 2.45) is 5.73 Å². The molecule has 0 amide bonds. The van der Waals surface area contributed by atoms with Gasteiger partial charge in [-0.1, -0.05) is 18.2 Å². The van der Waals surface area contributed by atoms with E-state index in [1.165, 1.54) is 0 Å². The predicted octanol–water partition coefficient (Wildman–Crippen LogP) is 2.04. The predicted molar refractivity (Wildman–Crippen MR) is 67.7 cm³/mol. The quantitative estimate of drug-likeness (QED) is 0.828. The zero-order chi connectivity index (χ0) is 12.1. The van der Waals surface area contributed by atoms with E-state index < -0.39 is 0 Å². The standard InChI is InChI=1S/C13H22N2O/c1-10(2)15(3)12(9-14)11-7-5-6-8-13(11)16-4/h5-8,10,12H,9,14H2,1-4H3. The van der Waals surface area contributed by atoms with Crippen LogP contribution in [0.1, 0.15) is 25.5 Å². The molecule has 16 heavy (non-hydrogen) atoms. The van der Waals surface area contributed by atoms with Gasteiger partial charge in [0.15, 0.2) is 0 Å². The number of methoxy groups -OCH3 is 1. The van der Waals surface area contributed by atoms with Gasteiger partial charge in [0, 0.05) is 18.2 Å². The lowest BCUT2D eigenvalue weighted by molar-refractivity contribution is 0.197. The summed E-state index contributed by atoms with van der Waals surface area (Å²) in [6, 6.07) is 8.72. The molecule has 1 aromatic carbocycles. The molecule has 1 unspecified atom stereocenters. The van der Waals surface area contributed by atoms with Crippen molar-refractivity contribution < 1.29 is 4.74 Å². The van der Waals surface area contributed by atoms with E-state index >= 15 is 0 Å². The third-order valence-electron chi connectivity index (χ3n) is 3.03. The highest BCUT2D eigenvalue weighted by molar-refractivity contribution is 5.36. The van der Waals surface area contributed by atoms with Crippen LogP contribution < -0.4 is 10.5 Å². The zero-order valence-electron chi connectivity index (χ0n) is 10.6. The van der Waals surface area contributed by atoms with Crippen LogP contribution in [0.5, 0.6) is 5.75 Å². The Balaban J connectivity index is 3.03. The first-order valence-corrected chi connectivity index (χ1v) is 5.66. The Kier molecular flexibility index (Phi) is 4.77. The summed E-state index contributed by atoms with van der Waals surface area (Å²) < 4.78 is 5.38. The Labute approximate surface area is 98.2 Å². The summed E-state index contributed by atoms with van der Waals surface area (Å²) >= 11 is 0. The maximum absolute atomic E-state index is 5.87. The van der Waals surface area contributed by atoms with Crippen LogP contribution in [0.2, 0.25) is 0 Å². The van der Waals surface area contributed by atoms with Crippen molar-refractivity contribution in [3.63, 3.8) is 0 Å². The molecule has 2 N–H and O–H groups in total. The van der Waals surface area contributed by atoms with Crippen LogP contribution in [-0.4, -0.2) is 31.6 Å². The number of benzene rings is 1. The monoisotopic (exact) mass is 222 g/mol. The minimum Gasteiger partial charge on any atom is -0.496 e. The van der Waals surface area contributed by atoms with Crippen LogP contribution in [0.3, 0.4) is 0 Å². The molecular weight excluding hydrogens is 200 g/mol. The van der Waals surface area contributed by atoms with E-state index in [0.29, 0.717) is 12.6 Å². The minimum absolute atomic E-state index is 0.205. The maximum atomic E-state index is 5.87. The molecule has 1 aromatic rings. The van der Waals surface area contributed by atoms with Gasteiger partial charge in [0.1, 0.15) is 5.75 Å². The van der Waals surface area contributed by atoms with E-state index in [9.17, 15) is 0 Å². The molecule has 0 saturated carbocycles. The summed E-state index contributed by atoms with van der Waals surface area (Å²) in [5, 5.41) is 0. The van der Waals surface area contributed by atoms with Crippen molar-refractivity contribution >= 4 is 0 Å². The number of ether oxygens (including phenoxy) is 1. The molecule has 0 aliphatic carbocycles. The van der Waals surface area contributed by atoms with Crippen LogP contribution >= 0.6 is 0 Å². The molecule has 0 bridgehead atoms. The van der Waals surface area contributed by atoms with Crippen LogP contribution in [0.25, 0.3) is 0 Å². The molecule has 0 aromatic heterocycles. The molecule has 0 aliphatic heterocycles.